The lowest BCUT2D eigenvalue weighted by Gasteiger charge is -2.25. The molecular formula is C42H30N4O2S2. The van der Waals surface area contributed by atoms with Gasteiger partial charge in [0.25, 0.3) is 0 Å². The fourth-order valence-corrected chi connectivity index (χ4v) is 8.55. The van der Waals surface area contributed by atoms with E-state index < -0.39 is 12.1 Å². The lowest BCUT2D eigenvalue weighted by Crippen LogP contribution is -2.16. The molecule has 50 heavy (non-hydrogen) atoms. The zero-order valence-corrected chi connectivity index (χ0v) is 28.2. The fraction of sp³-hybridized carbons (Fsp3) is 0.0476. The van der Waals surface area contributed by atoms with E-state index in [4.69, 9.17) is 9.97 Å². The molecular weight excluding hydrogens is 657 g/mol. The van der Waals surface area contributed by atoms with Gasteiger partial charge in [-0.3, -0.25) is 0 Å². The summed E-state index contributed by atoms with van der Waals surface area (Å²) >= 11 is 3.17. The Morgan fingerprint density at radius 2 is 1.04 bits per heavy atom. The van der Waals surface area contributed by atoms with E-state index in [1.54, 1.807) is 28.7 Å². The number of hydrogen-bond acceptors (Lipinski definition) is 8. The van der Waals surface area contributed by atoms with E-state index in [-0.39, 0.29) is 11.5 Å². The number of rotatable bonds is 8. The highest BCUT2D eigenvalue weighted by Crippen LogP contribution is 2.42. The first-order chi connectivity index (χ1) is 24.6. The molecule has 0 aliphatic carbocycles. The van der Waals surface area contributed by atoms with Gasteiger partial charge in [0.05, 0.1) is 32.5 Å². The van der Waals surface area contributed by atoms with Gasteiger partial charge in [0.1, 0.15) is 11.5 Å². The number of fused-ring (bicyclic) bond motifs is 4. The molecule has 0 saturated carbocycles. The summed E-state index contributed by atoms with van der Waals surface area (Å²) in [5.41, 5.74) is 5.21. The van der Waals surface area contributed by atoms with E-state index in [1.165, 1.54) is 0 Å². The molecule has 0 fully saturated rings. The molecule has 9 aromatic rings. The standard InChI is InChI=1S/C42H30N4O2S2/c47-34-21-20-25-10-3-4-15-30(25)38(34)40(46-42-44-33-17-6-8-19-37(33)50-42)29-14-9-13-28(22-29)39(45-41-43-32-16-5-7-18-36(32)49-41)31-23-26-11-1-2-12-27(26)24-35(31)48/h1-24,39-40,47-48H,(H,43,45)(H,44,46). The molecule has 2 unspecified atom stereocenters. The van der Waals surface area contributed by atoms with Crippen LogP contribution in [0.2, 0.25) is 0 Å². The third-order valence-electron chi connectivity index (χ3n) is 9.14. The van der Waals surface area contributed by atoms with Crippen molar-refractivity contribution in [2.24, 2.45) is 0 Å². The molecule has 0 aliphatic rings. The van der Waals surface area contributed by atoms with Crippen molar-refractivity contribution < 1.29 is 10.2 Å². The van der Waals surface area contributed by atoms with E-state index in [9.17, 15) is 10.2 Å². The first-order valence-electron chi connectivity index (χ1n) is 16.3. The topological polar surface area (TPSA) is 90.3 Å². The number of para-hydroxylation sites is 2. The van der Waals surface area contributed by atoms with Crippen molar-refractivity contribution in [1.29, 1.82) is 0 Å². The van der Waals surface area contributed by atoms with Crippen molar-refractivity contribution in [3.63, 3.8) is 0 Å². The first kappa shape index (κ1) is 30.1. The average molecular weight is 687 g/mol. The van der Waals surface area contributed by atoms with Gasteiger partial charge in [-0.15, -0.1) is 0 Å². The highest BCUT2D eigenvalue weighted by Gasteiger charge is 2.26. The van der Waals surface area contributed by atoms with Crippen LogP contribution < -0.4 is 10.6 Å². The third-order valence-corrected chi connectivity index (χ3v) is 11.1. The van der Waals surface area contributed by atoms with Gasteiger partial charge in [-0.2, -0.15) is 0 Å². The second-order valence-electron chi connectivity index (χ2n) is 12.3. The molecule has 2 heterocycles. The van der Waals surface area contributed by atoms with E-state index in [0.29, 0.717) is 0 Å². The minimum atomic E-state index is -0.449. The summed E-state index contributed by atoms with van der Waals surface area (Å²) in [6, 6.07) is 47.3. The van der Waals surface area contributed by atoms with E-state index in [1.807, 2.05) is 91.0 Å². The molecule has 9 rings (SSSR count). The average Bonchev–Trinajstić information content (AvgIpc) is 3.76. The number of aromatic hydroxyl groups is 2. The van der Waals surface area contributed by atoms with Crippen molar-refractivity contribution in [1.82, 2.24) is 9.97 Å². The van der Waals surface area contributed by atoms with E-state index in [2.05, 4.69) is 59.2 Å². The summed E-state index contributed by atoms with van der Waals surface area (Å²) in [7, 11) is 0. The fourth-order valence-electron chi connectivity index (χ4n) is 6.76. The Bertz CT molecular complexity index is 2620. The van der Waals surface area contributed by atoms with Gasteiger partial charge in [-0.25, -0.2) is 9.97 Å². The highest BCUT2D eigenvalue weighted by molar-refractivity contribution is 7.22. The molecule has 2 atom stereocenters. The van der Waals surface area contributed by atoms with Crippen LogP contribution in [0.4, 0.5) is 10.3 Å². The van der Waals surface area contributed by atoms with Gasteiger partial charge in [-0.05, 0) is 75.1 Å². The maximum absolute atomic E-state index is 11.5. The predicted octanol–water partition coefficient (Wildman–Crippen LogP) is 11.0. The maximum Gasteiger partial charge on any atom is 0.184 e. The smallest absolute Gasteiger partial charge is 0.184 e. The molecule has 8 heteroatoms. The number of phenolic OH excluding ortho intramolecular Hbond substituents is 2. The molecule has 2 aromatic heterocycles. The molecule has 4 N–H and O–H groups in total. The van der Waals surface area contributed by atoms with E-state index in [0.717, 1.165) is 74.5 Å². The SMILES string of the molecule is Oc1cc2ccccc2cc1C(Nc1nc2ccccc2s1)c1cccc(C(Nc2nc3ccccc3s2)c2c(O)ccc3ccccc23)c1. The number of anilines is 2. The first-order valence-corrected chi connectivity index (χ1v) is 18.0. The van der Waals surface area contributed by atoms with Crippen LogP contribution in [0.15, 0.2) is 146 Å². The van der Waals surface area contributed by atoms with Crippen LogP contribution in [0.3, 0.4) is 0 Å². The summed E-state index contributed by atoms with van der Waals surface area (Å²) < 4.78 is 2.16. The molecule has 0 spiro atoms. The predicted molar refractivity (Wildman–Crippen MR) is 208 cm³/mol. The van der Waals surface area contributed by atoms with E-state index >= 15 is 0 Å². The summed E-state index contributed by atoms with van der Waals surface area (Å²) in [6.07, 6.45) is 0. The number of thiazole rings is 2. The van der Waals surface area contributed by atoms with Crippen LogP contribution in [0, 0.1) is 0 Å². The Hall–Kier alpha value is -5.96. The zero-order chi connectivity index (χ0) is 33.6. The Morgan fingerprint density at radius 3 is 1.72 bits per heavy atom. The van der Waals surface area contributed by atoms with Crippen molar-refractivity contribution in [3.8, 4) is 11.5 Å². The van der Waals surface area contributed by atoms with Gasteiger partial charge in [0.15, 0.2) is 10.3 Å². The Morgan fingerprint density at radius 1 is 0.480 bits per heavy atom. The lowest BCUT2D eigenvalue weighted by molar-refractivity contribution is 0.467. The van der Waals surface area contributed by atoms with Crippen LogP contribution in [0.5, 0.6) is 11.5 Å². The number of phenols is 2. The van der Waals surface area contributed by atoms with Gasteiger partial charge >= 0.3 is 0 Å². The largest absolute Gasteiger partial charge is 0.508 e. The summed E-state index contributed by atoms with van der Waals surface area (Å²) in [4.78, 5) is 9.81. The summed E-state index contributed by atoms with van der Waals surface area (Å²) in [5.74, 6) is 0.396. The zero-order valence-electron chi connectivity index (χ0n) is 26.6. The highest BCUT2D eigenvalue weighted by atomic mass is 32.1. The number of nitrogens with zero attached hydrogens (tertiary/aromatic N) is 2. The lowest BCUT2D eigenvalue weighted by atomic mass is 9.89. The van der Waals surface area contributed by atoms with Crippen molar-refractivity contribution in [3.05, 3.63) is 168 Å². The van der Waals surface area contributed by atoms with Crippen LogP contribution in [0.1, 0.15) is 34.3 Å². The number of aromatic nitrogens is 2. The number of hydrogen-bond donors (Lipinski definition) is 4. The number of nitrogens with one attached hydrogen (secondary N) is 2. The number of benzene rings is 7. The van der Waals surface area contributed by atoms with Gasteiger partial charge in [0.2, 0.25) is 0 Å². The van der Waals surface area contributed by atoms with Crippen LogP contribution >= 0.6 is 22.7 Å². The molecule has 7 aromatic carbocycles. The Labute approximate surface area is 296 Å². The molecule has 0 radical (unpaired) electrons. The molecule has 0 bridgehead atoms. The van der Waals surface area contributed by atoms with Crippen LogP contribution in [-0.2, 0) is 0 Å². The summed E-state index contributed by atoms with van der Waals surface area (Å²) in [5, 5.41) is 35.9. The molecule has 0 aliphatic heterocycles. The van der Waals surface area contributed by atoms with Crippen LogP contribution in [-0.4, -0.2) is 20.2 Å². The second kappa shape index (κ2) is 12.5. The molecule has 0 amide bonds. The Balaban J connectivity index is 1.21. The van der Waals surface area contributed by atoms with Crippen LogP contribution in [0.25, 0.3) is 42.0 Å². The minimum Gasteiger partial charge on any atom is -0.508 e. The van der Waals surface area contributed by atoms with Gasteiger partial charge in [0, 0.05) is 11.1 Å². The molecule has 242 valence electrons. The normalized spacial score (nSPS) is 12.8. The quantitative estimate of drug-likeness (QED) is 0.127. The molecule has 0 saturated heterocycles. The van der Waals surface area contributed by atoms with Crippen molar-refractivity contribution in [2.45, 2.75) is 12.1 Å². The Kier molecular flexibility index (Phi) is 7.53. The summed E-state index contributed by atoms with van der Waals surface area (Å²) in [6.45, 7) is 0. The minimum absolute atomic E-state index is 0.198. The third kappa shape index (κ3) is 5.54. The molecule has 6 nitrogen and oxygen atoms in total. The maximum atomic E-state index is 11.5. The van der Waals surface area contributed by atoms with Crippen molar-refractivity contribution in [2.75, 3.05) is 10.6 Å². The van der Waals surface area contributed by atoms with Gasteiger partial charge in [-0.1, -0.05) is 126 Å². The second-order valence-corrected chi connectivity index (χ2v) is 14.3. The van der Waals surface area contributed by atoms with Crippen molar-refractivity contribution >= 4 is 74.9 Å². The van der Waals surface area contributed by atoms with Gasteiger partial charge < -0.3 is 20.8 Å². The monoisotopic (exact) mass is 686 g/mol.